The summed E-state index contributed by atoms with van der Waals surface area (Å²) in [6, 6.07) is 3.56. The number of aromatic nitrogens is 3. The van der Waals surface area contributed by atoms with E-state index < -0.39 is 0 Å². The standard InChI is InChI=1S/C14H17N5OS/c1-9-10(2)21-14(15-9)16-13(20)11-5-6-12(18-17-11)19-7-3-4-8-19/h5-6H,3-4,7-8H2,1-2H3,(H,15,16,20). The third-order valence-corrected chi connectivity index (χ3v) is 4.55. The van der Waals surface area contributed by atoms with Crippen LogP contribution in [0.3, 0.4) is 0 Å². The summed E-state index contributed by atoms with van der Waals surface area (Å²) in [6.45, 7) is 5.93. The van der Waals surface area contributed by atoms with Gasteiger partial charge in [0.2, 0.25) is 0 Å². The molecular weight excluding hydrogens is 286 g/mol. The number of hydrogen-bond acceptors (Lipinski definition) is 6. The Hall–Kier alpha value is -2.02. The van der Waals surface area contributed by atoms with Gasteiger partial charge in [-0.15, -0.1) is 21.5 Å². The highest BCUT2D eigenvalue weighted by molar-refractivity contribution is 7.15. The van der Waals surface area contributed by atoms with Crippen LogP contribution in [0.2, 0.25) is 0 Å². The molecule has 7 heteroatoms. The fraction of sp³-hybridized carbons (Fsp3) is 0.429. The van der Waals surface area contributed by atoms with E-state index in [1.807, 2.05) is 19.9 Å². The lowest BCUT2D eigenvalue weighted by Gasteiger charge is -2.14. The first kappa shape index (κ1) is 13.9. The first-order chi connectivity index (χ1) is 10.1. The number of nitrogens with one attached hydrogen (secondary N) is 1. The number of aryl methyl sites for hydroxylation is 2. The van der Waals surface area contributed by atoms with Gasteiger partial charge in [0.15, 0.2) is 16.6 Å². The first-order valence-corrected chi connectivity index (χ1v) is 7.79. The molecule has 21 heavy (non-hydrogen) atoms. The Kier molecular flexibility index (Phi) is 3.83. The summed E-state index contributed by atoms with van der Waals surface area (Å²) in [7, 11) is 0. The monoisotopic (exact) mass is 303 g/mol. The Balaban J connectivity index is 1.69. The van der Waals surface area contributed by atoms with E-state index in [0.717, 1.165) is 29.5 Å². The van der Waals surface area contributed by atoms with Gasteiger partial charge >= 0.3 is 0 Å². The molecule has 1 aliphatic heterocycles. The fourth-order valence-electron chi connectivity index (χ4n) is 2.25. The number of carbonyl (C=O) groups excluding carboxylic acids is 1. The smallest absolute Gasteiger partial charge is 0.277 e. The maximum absolute atomic E-state index is 12.1. The van der Waals surface area contributed by atoms with Crippen molar-refractivity contribution in [3.8, 4) is 0 Å². The zero-order chi connectivity index (χ0) is 14.8. The predicted molar refractivity (Wildman–Crippen MR) is 83.0 cm³/mol. The molecule has 0 atom stereocenters. The van der Waals surface area contributed by atoms with E-state index in [4.69, 9.17) is 0 Å². The van der Waals surface area contributed by atoms with Gasteiger partial charge in [-0.1, -0.05) is 0 Å². The minimum atomic E-state index is -0.274. The maximum Gasteiger partial charge on any atom is 0.277 e. The molecule has 0 unspecified atom stereocenters. The highest BCUT2D eigenvalue weighted by Gasteiger charge is 2.16. The number of amides is 1. The lowest BCUT2D eigenvalue weighted by molar-refractivity contribution is 0.102. The van der Waals surface area contributed by atoms with E-state index >= 15 is 0 Å². The minimum absolute atomic E-state index is 0.274. The van der Waals surface area contributed by atoms with E-state index in [9.17, 15) is 4.79 Å². The van der Waals surface area contributed by atoms with Crippen LogP contribution in [0.5, 0.6) is 0 Å². The number of carbonyl (C=O) groups is 1. The number of nitrogens with zero attached hydrogens (tertiary/aromatic N) is 4. The zero-order valence-corrected chi connectivity index (χ0v) is 12.9. The molecule has 1 N–H and O–H groups in total. The molecule has 1 saturated heterocycles. The van der Waals surface area contributed by atoms with Gasteiger partial charge in [-0.25, -0.2) is 4.98 Å². The summed E-state index contributed by atoms with van der Waals surface area (Å²) in [4.78, 5) is 19.7. The summed E-state index contributed by atoms with van der Waals surface area (Å²) in [5, 5.41) is 11.5. The number of hydrogen-bond donors (Lipinski definition) is 1. The molecule has 110 valence electrons. The molecule has 0 aromatic carbocycles. The molecule has 2 aromatic heterocycles. The maximum atomic E-state index is 12.1. The van der Waals surface area contributed by atoms with Crippen molar-refractivity contribution in [1.29, 1.82) is 0 Å². The highest BCUT2D eigenvalue weighted by atomic mass is 32.1. The normalized spacial score (nSPS) is 14.5. The van der Waals surface area contributed by atoms with Crippen LogP contribution in [0.15, 0.2) is 12.1 Å². The average molecular weight is 303 g/mol. The van der Waals surface area contributed by atoms with Crippen molar-refractivity contribution >= 4 is 28.2 Å². The van der Waals surface area contributed by atoms with Crippen LogP contribution < -0.4 is 10.2 Å². The van der Waals surface area contributed by atoms with Crippen LogP contribution in [0.1, 0.15) is 33.9 Å². The second-order valence-corrected chi connectivity index (χ2v) is 6.29. The topological polar surface area (TPSA) is 71.0 Å². The van der Waals surface area contributed by atoms with Crippen LogP contribution in [-0.2, 0) is 0 Å². The third kappa shape index (κ3) is 3.02. The Morgan fingerprint density at radius 3 is 2.57 bits per heavy atom. The van der Waals surface area contributed by atoms with E-state index in [1.165, 1.54) is 24.2 Å². The van der Waals surface area contributed by atoms with E-state index in [0.29, 0.717) is 10.8 Å². The highest BCUT2D eigenvalue weighted by Crippen LogP contribution is 2.22. The molecule has 3 rings (SSSR count). The van der Waals surface area contributed by atoms with Gasteiger partial charge in [0.05, 0.1) is 5.69 Å². The quantitative estimate of drug-likeness (QED) is 0.942. The predicted octanol–water partition coefficient (Wildman–Crippen LogP) is 2.40. The fourth-order valence-corrected chi connectivity index (χ4v) is 3.06. The molecule has 0 aliphatic carbocycles. The largest absolute Gasteiger partial charge is 0.355 e. The van der Waals surface area contributed by atoms with Gasteiger partial charge in [0, 0.05) is 18.0 Å². The molecule has 0 spiro atoms. The molecule has 6 nitrogen and oxygen atoms in total. The van der Waals surface area contributed by atoms with Crippen molar-refractivity contribution in [1.82, 2.24) is 15.2 Å². The van der Waals surface area contributed by atoms with E-state index in [1.54, 1.807) is 6.07 Å². The van der Waals surface area contributed by atoms with Crippen molar-refractivity contribution in [2.75, 3.05) is 23.3 Å². The van der Waals surface area contributed by atoms with Gasteiger partial charge < -0.3 is 4.90 Å². The minimum Gasteiger partial charge on any atom is -0.355 e. The zero-order valence-electron chi connectivity index (χ0n) is 12.1. The van der Waals surface area contributed by atoms with Crippen molar-refractivity contribution < 1.29 is 4.79 Å². The molecule has 0 bridgehead atoms. The Bertz CT molecular complexity index is 626. The molecule has 1 amide bonds. The molecular formula is C14H17N5OS. The molecule has 0 radical (unpaired) electrons. The Morgan fingerprint density at radius 1 is 1.24 bits per heavy atom. The van der Waals surface area contributed by atoms with Crippen LogP contribution in [0.25, 0.3) is 0 Å². The van der Waals surface area contributed by atoms with Crippen molar-refractivity contribution in [3.05, 3.63) is 28.4 Å². The van der Waals surface area contributed by atoms with Gasteiger partial charge in [0.25, 0.3) is 5.91 Å². The van der Waals surface area contributed by atoms with Crippen LogP contribution in [-0.4, -0.2) is 34.2 Å². The molecule has 2 aromatic rings. The lowest BCUT2D eigenvalue weighted by atomic mass is 10.3. The molecule has 1 aliphatic rings. The summed E-state index contributed by atoms with van der Waals surface area (Å²) in [6.07, 6.45) is 2.37. The summed E-state index contributed by atoms with van der Waals surface area (Å²) >= 11 is 1.46. The van der Waals surface area contributed by atoms with E-state index in [-0.39, 0.29) is 5.91 Å². The van der Waals surface area contributed by atoms with Crippen LogP contribution >= 0.6 is 11.3 Å². The SMILES string of the molecule is Cc1nc(NC(=O)c2ccc(N3CCCC3)nn2)sc1C. The molecule has 1 fully saturated rings. The lowest BCUT2D eigenvalue weighted by Crippen LogP contribution is -2.20. The second-order valence-electron chi connectivity index (χ2n) is 5.09. The second kappa shape index (κ2) is 5.77. The summed E-state index contributed by atoms with van der Waals surface area (Å²) < 4.78 is 0. The third-order valence-electron chi connectivity index (χ3n) is 3.56. The average Bonchev–Trinajstić information content (AvgIpc) is 3.10. The van der Waals surface area contributed by atoms with Crippen LogP contribution in [0, 0.1) is 13.8 Å². The number of rotatable bonds is 3. The van der Waals surface area contributed by atoms with E-state index in [2.05, 4.69) is 25.4 Å². The molecule has 0 saturated carbocycles. The van der Waals surface area contributed by atoms with Crippen LogP contribution in [0.4, 0.5) is 10.9 Å². The molecule has 3 heterocycles. The number of anilines is 2. The van der Waals surface area contributed by atoms with Crippen molar-refractivity contribution in [2.45, 2.75) is 26.7 Å². The van der Waals surface area contributed by atoms with Gasteiger partial charge in [0.1, 0.15) is 0 Å². The van der Waals surface area contributed by atoms with Gasteiger partial charge in [-0.3, -0.25) is 10.1 Å². The number of thiazole rings is 1. The Morgan fingerprint density at radius 2 is 2.00 bits per heavy atom. The Labute approximate surface area is 127 Å². The van der Waals surface area contributed by atoms with Gasteiger partial charge in [-0.2, -0.15) is 0 Å². The summed E-state index contributed by atoms with van der Waals surface area (Å²) in [5.74, 6) is 0.564. The van der Waals surface area contributed by atoms with Crippen molar-refractivity contribution in [2.24, 2.45) is 0 Å². The first-order valence-electron chi connectivity index (χ1n) is 6.97. The summed E-state index contributed by atoms with van der Waals surface area (Å²) in [5.41, 5.74) is 1.24. The van der Waals surface area contributed by atoms with Gasteiger partial charge in [-0.05, 0) is 38.8 Å². The van der Waals surface area contributed by atoms with Crippen molar-refractivity contribution in [3.63, 3.8) is 0 Å².